The summed E-state index contributed by atoms with van der Waals surface area (Å²) >= 11 is 0. The van der Waals surface area contributed by atoms with Gasteiger partial charge in [0.1, 0.15) is 11.4 Å². The van der Waals surface area contributed by atoms with E-state index in [4.69, 9.17) is 4.42 Å². The molecule has 0 bridgehead atoms. The lowest BCUT2D eigenvalue weighted by Gasteiger charge is -2.32. The molecular formula is C22H22FN3O3. The number of benzene rings is 2. The van der Waals surface area contributed by atoms with Crippen molar-refractivity contribution in [1.82, 2.24) is 10.2 Å². The third-order valence-electron chi connectivity index (χ3n) is 5.20. The van der Waals surface area contributed by atoms with Crippen molar-refractivity contribution in [3.63, 3.8) is 0 Å². The summed E-state index contributed by atoms with van der Waals surface area (Å²) in [5, 5.41) is 6.61. The lowest BCUT2D eigenvalue weighted by atomic mass is 9.97. The van der Waals surface area contributed by atoms with E-state index in [1.54, 1.807) is 11.0 Å². The number of hydrogen-bond acceptors (Lipinski definition) is 3. The van der Waals surface area contributed by atoms with Crippen LogP contribution in [0, 0.1) is 11.7 Å². The molecule has 3 amide bonds. The number of piperidine rings is 1. The maximum absolute atomic E-state index is 13.0. The summed E-state index contributed by atoms with van der Waals surface area (Å²) in [5.41, 5.74) is 1.26. The van der Waals surface area contributed by atoms with Crippen LogP contribution < -0.4 is 10.6 Å². The summed E-state index contributed by atoms with van der Waals surface area (Å²) in [6.45, 7) is 1.76. The Bertz CT molecular complexity index is 975. The van der Waals surface area contributed by atoms with Gasteiger partial charge in [-0.05, 0) is 55.2 Å². The fraction of sp³-hybridized carbons (Fsp3) is 0.273. The highest BCUT2D eigenvalue weighted by molar-refractivity contribution is 5.96. The lowest BCUT2D eigenvalue weighted by molar-refractivity contribution is 0.0913. The van der Waals surface area contributed by atoms with Gasteiger partial charge in [0.05, 0.1) is 0 Å². The molecule has 0 radical (unpaired) electrons. The molecule has 1 aliphatic heterocycles. The molecule has 4 rings (SSSR count). The topological polar surface area (TPSA) is 74.6 Å². The van der Waals surface area contributed by atoms with E-state index in [1.807, 2.05) is 24.3 Å². The zero-order valence-electron chi connectivity index (χ0n) is 15.9. The van der Waals surface area contributed by atoms with Crippen LogP contribution in [0.15, 0.2) is 59.0 Å². The highest BCUT2D eigenvalue weighted by Crippen LogP contribution is 2.20. The van der Waals surface area contributed by atoms with E-state index in [0.717, 1.165) is 18.2 Å². The van der Waals surface area contributed by atoms with Crippen molar-refractivity contribution in [2.24, 2.45) is 5.92 Å². The van der Waals surface area contributed by atoms with Crippen molar-refractivity contribution in [1.29, 1.82) is 0 Å². The van der Waals surface area contributed by atoms with Gasteiger partial charge in [-0.15, -0.1) is 0 Å². The number of likely N-dealkylation sites (tertiary alicyclic amines) is 1. The molecule has 0 atom stereocenters. The molecule has 0 unspecified atom stereocenters. The second-order valence-electron chi connectivity index (χ2n) is 7.23. The number of carbonyl (C=O) groups excluding carboxylic acids is 2. The van der Waals surface area contributed by atoms with Crippen LogP contribution in [0.1, 0.15) is 23.4 Å². The maximum atomic E-state index is 13.0. The van der Waals surface area contributed by atoms with Crippen LogP contribution in [0.3, 0.4) is 0 Å². The standard InChI is InChI=1S/C22H22FN3O3/c23-17-5-7-18(8-6-17)25-22(28)26-11-9-15(10-12-26)14-24-21(27)20-13-16-3-1-2-4-19(16)29-20/h1-8,13,15H,9-12,14H2,(H,24,27)(H,25,28). The summed E-state index contributed by atoms with van der Waals surface area (Å²) in [5.74, 6) is 0.0479. The molecule has 29 heavy (non-hydrogen) atoms. The van der Waals surface area contributed by atoms with Gasteiger partial charge in [-0.1, -0.05) is 18.2 Å². The van der Waals surface area contributed by atoms with Crippen molar-refractivity contribution in [3.05, 3.63) is 66.2 Å². The molecule has 1 aromatic heterocycles. The third kappa shape index (κ3) is 4.56. The van der Waals surface area contributed by atoms with E-state index >= 15 is 0 Å². The van der Waals surface area contributed by atoms with E-state index in [0.29, 0.717) is 42.6 Å². The normalized spacial score (nSPS) is 14.7. The van der Waals surface area contributed by atoms with Crippen molar-refractivity contribution in [2.75, 3.05) is 25.0 Å². The number of nitrogens with zero attached hydrogens (tertiary/aromatic N) is 1. The Morgan fingerprint density at radius 2 is 1.79 bits per heavy atom. The van der Waals surface area contributed by atoms with E-state index in [1.165, 1.54) is 24.3 Å². The van der Waals surface area contributed by atoms with Gasteiger partial charge in [0, 0.05) is 30.7 Å². The van der Waals surface area contributed by atoms with Crippen molar-refractivity contribution >= 4 is 28.6 Å². The minimum atomic E-state index is -0.339. The average molecular weight is 395 g/mol. The Hall–Kier alpha value is -3.35. The van der Waals surface area contributed by atoms with Crippen LogP contribution in [0.2, 0.25) is 0 Å². The Morgan fingerprint density at radius 3 is 2.52 bits per heavy atom. The van der Waals surface area contributed by atoms with Gasteiger partial charge in [-0.25, -0.2) is 9.18 Å². The zero-order chi connectivity index (χ0) is 20.2. The predicted molar refractivity (Wildman–Crippen MR) is 108 cm³/mol. The van der Waals surface area contributed by atoms with Crippen LogP contribution >= 0.6 is 0 Å². The summed E-state index contributed by atoms with van der Waals surface area (Å²) in [6.07, 6.45) is 1.61. The highest BCUT2D eigenvalue weighted by atomic mass is 19.1. The molecule has 0 saturated carbocycles. The van der Waals surface area contributed by atoms with Crippen molar-refractivity contribution in [2.45, 2.75) is 12.8 Å². The zero-order valence-corrected chi connectivity index (χ0v) is 15.9. The first-order valence-corrected chi connectivity index (χ1v) is 9.67. The molecular weight excluding hydrogens is 373 g/mol. The monoisotopic (exact) mass is 395 g/mol. The highest BCUT2D eigenvalue weighted by Gasteiger charge is 2.23. The minimum Gasteiger partial charge on any atom is -0.451 e. The largest absolute Gasteiger partial charge is 0.451 e. The third-order valence-corrected chi connectivity index (χ3v) is 5.20. The Balaban J connectivity index is 1.23. The first kappa shape index (κ1) is 19.0. The fourth-order valence-corrected chi connectivity index (χ4v) is 3.49. The quantitative estimate of drug-likeness (QED) is 0.694. The number of rotatable bonds is 4. The first-order chi connectivity index (χ1) is 14.1. The van der Waals surface area contributed by atoms with E-state index in [2.05, 4.69) is 10.6 Å². The average Bonchev–Trinajstić information content (AvgIpc) is 3.18. The Morgan fingerprint density at radius 1 is 1.07 bits per heavy atom. The number of fused-ring (bicyclic) bond motifs is 1. The lowest BCUT2D eigenvalue weighted by Crippen LogP contribution is -2.43. The number of nitrogens with one attached hydrogen (secondary N) is 2. The van der Waals surface area contributed by atoms with Crippen molar-refractivity contribution in [3.8, 4) is 0 Å². The Labute approximate surface area is 167 Å². The molecule has 0 aliphatic carbocycles. The van der Waals surface area contributed by atoms with Crippen LogP contribution in [0.4, 0.5) is 14.9 Å². The van der Waals surface area contributed by atoms with Gasteiger partial charge in [-0.3, -0.25) is 4.79 Å². The molecule has 2 heterocycles. The smallest absolute Gasteiger partial charge is 0.321 e. The number of furan rings is 1. The number of carbonyl (C=O) groups is 2. The van der Waals surface area contributed by atoms with Gasteiger partial charge in [-0.2, -0.15) is 0 Å². The molecule has 3 aromatic rings. The molecule has 1 saturated heterocycles. The van der Waals surface area contributed by atoms with E-state index in [-0.39, 0.29) is 17.8 Å². The number of anilines is 1. The van der Waals surface area contributed by atoms with Crippen LogP contribution in [-0.4, -0.2) is 36.5 Å². The Kier molecular flexibility index (Phi) is 5.46. The van der Waals surface area contributed by atoms with Crippen LogP contribution in [-0.2, 0) is 0 Å². The molecule has 7 heteroatoms. The van der Waals surface area contributed by atoms with E-state index in [9.17, 15) is 14.0 Å². The molecule has 1 aliphatic rings. The number of halogens is 1. The summed E-state index contributed by atoms with van der Waals surface area (Å²) in [6, 6.07) is 14.8. The number of urea groups is 1. The minimum absolute atomic E-state index is 0.193. The molecule has 0 spiro atoms. The summed E-state index contributed by atoms with van der Waals surface area (Å²) in [7, 11) is 0. The number of amides is 3. The molecule has 150 valence electrons. The second-order valence-corrected chi connectivity index (χ2v) is 7.23. The predicted octanol–water partition coefficient (Wildman–Crippen LogP) is 4.25. The SMILES string of the molecule is O=C(NCC1CCN(C(=O)Nc2ccc(F)cc2)CC1)c1cc2ccccc2o1. The fourth-order valence-electron chi connectivity index (χ4n) is 3.49. The number of para-hydroxylation sites is 1. The van der Waals surface area contributed by atoms with E-state index < -0.39 is 0 Å². The first-order valence-electron chi connectivity index (χ1n) is 9.67. The summed E-state index contributed by atoms with van der Waals surface area (Å²) < 4.78 is 18.5. The summed E-state index contributed by atoms with van der Waals surface area (Å²) in [4.78, 5) is 26.4. The molecule has 2 N–H and O–H groups in total. The van der Waals surface area contributed by atoms with Crippen molar-refractivity contribution < 1.29 is 18.4 Å². The maximum Gasteiger partial charge on any atom is 0.321 e. The van der Waals surface area contributed by atoms with Crippen LogP contribution in [0.25, 0.3) is 11.0 Å². The van der Waals surface area contributed by atoms with Gasteiger partial charge in [0.25, 0.3) is 5.91 Å². The van der Waals surface area contributed by atoms with Gasteiger partial charge in [0.15, 0.2) is 5.76 Å². The molecule has 6 nitrogen and oxygen atoms in total. The van der Waals surface area contributed by atoms with Gasteiger partial charge < -0.3 is 20.0 Å². The van der Waals surface area contributed by atoms with Gasteiger partial charge in [0.2, 0.25) is 0 Å². The van der Waals surface area contributed by atoms with Gasteiger partial charge >= 0.3 is 6.03 Å². The molecule has 2 aromatic carbocycles. The van der Waals surface area contributed by atoms with Crippen LogP contribution in [0.5, 0.6) is 0 Å². The molecule has 1 fully saturated rings. The second kappa shape index (κ2) is 8.34. The number of hydrogen-bond donors (Lipinski definition) is 2.